The number of nitrogens with zero attached hydrogens (tertiary/aromatic N) is 2. The van der Waals surface area contributed by atoms with E-state index >= 15 is 0 Å². The number of hydrogen-bond donors (Lipinski definition) is 1. The molecule has 0 aromatic carbocycles. The molecule has 1 heterocycles. The lowest BCUT2D eigenvalue weighted by molar-refractivity contribution is 0.0871. The summed E-state index contributed by atoms with van der Waals surface area (Å²) in [6.45, 7) is 4.16. The molecule has 1 N–H and O–H groups in total. The van der Waals surface area contributed by atoms with Crippen LogP contribution in [0.4, 0.5) is 0 Å². The van der Waals surface area contributed by atoms with Gasteiger partial charge in [-0.3, -0.25) is 9.48 Å². The molecule has 1 saturated carbocycles. The van der Waals surface area contributed by atoms with E-state index in [2.05, 4.69) is 17.3 Å². The fourth-order valence-corrected chi connectivity index (χ4v) is 2.97. The molecule has 0 atom stereocenters. The summed E-state index contributed by atoms with van der Waals surface area (Å²) < 4.78 is 1.71. The van der Waals surface area contributed by atoms with Crippen LogP contribution in [0.5, 0.6) is 0 Å². The second-order valence-electron chi connectivity index (χ2n) is 5.82. The third-order valence-electron chi connectivity index (χ3n) is 4.35. The number of carbonyl (C=O) groups is 1. The number of alkyl halides is 1. The van der Waals surface area contributed by atoms with Crippen molar-refractivity contribution in [3.63, 3.8) is 0 Å². The summed E-state index contributed by atoms with van der Waals surface area (Å²) in [7, 11) is 1.84. The van der Waals surface area contributed by atoms with Crippen molar-refractivity contribution in [1.29, 1.82) is 0 Å². The second-order valence-corrected chi connectivity index (χ2v) is 6.09. The van der Waals surface area contributed by atoms with E-state index in [4.69, 9.17) is 11.6 Å². The molecule has 1 fully saturated rings. The Hall–Kier alpha value is -1.03. The number of amides is 1. The fraction of sp³-hybridized carbons (Fsp3) is 0.714. The van der Waals surface area contributed by atoms with Gasteiger partial charge >= 0.3 is 0 Å². The molecule has 1 aliphatic rings. The van der Waals surface area contributed by atoms with E-state index in [1.54, 1.807) is 10.9 Å². The van der Waals surface area contributed by atoms with Crippen LogP contribution in [0.15, 0.2) is 6.20 Å². The molecule has 2 rings (SSSR count). The molecule has 0 unspecified atom stereocenters. The van der Waals surface area contributed by atoms with Crippen LogP contribution < -0.4 is 5.32 Å². The first-order valence-corrected chi connectivity index (χ1v) is 7.38. The van der Waals surface area contributed by atoms with Gasteiger partial charge in [0.25, 0.3) is 5.91 Å². The van der Waals surface area contributed by atoms with Crippen LogP contribution in [0.25, 0.3) is 0 Å². The largest absolute Gasteiger partial charge is 0.345 e. The highest BCUT2D eigenvalue weighted by atomic mass is 35.5. The Morgan fingerprint density at radius 3 is 2.68 bits per heavy atom. The number of halogens is 1. The van der Waals surface area contributed by atoms with E-state index in [9.17, 15) is 4.79 Å². The molecule has 19 heavy (non-hydrogen) atoms. The quantitative estimate of drug-likeness (QED) is 0.867. The molecule has 0 spiro atoms. The van der Waals surface area contributed by atoms with E-state index in [0.717, 1.165) is 37.3 Å². The minimum atomic E-state index is -0.243. The molecule has 0 saturated heterocycles. The maximum absolute atomic E-state index is 12.4. The third kappa shape index (κ3) is 2.94. The van der Waals surface area contributed by atoms with Crippen molar-refractivity contribution in [3.8, 4) is 0 Å². The third-order valence-corrected chi connectivity index (χ3v) is 4.86. The number of aryl methyl sites for hydroxylation is 1. The predicted octanol–water partition coefficient (Wildman–Crippen LogP) is 2.65. The Kier molecular flexibility index (Phi) is 4.19. The second kappa shape index (κ2) is 5.53. The predicted molar refractivity (Wildman–Crippen MR) is 76.5 cm³/mol. The van der Waals surface area contributed by atoms with Gasteiger partial charge < -0.3 is 5.32 Å². The number of rotatable bonds is 3. The van der Waals surface area contributed by atoms with Crippen molar-refractivity contribution < 1.29 is 4.79 Å². The lowest BCUT2D eigenvalue weighted by Crippen LogP contribution is -2.52. The van der Waals surface area contributed by atoms with Crippen LogP contribution in [0.3, 0.4) is 0 Å². The van der Waals surface area contributed by atoms with Gasteiger partial charge in [0, 0.05) is 18.6 Å². The Morgan fingerprint density at radius 1 is 1.58 bits per heavy atom. The summed E-state index contributed by atoms with van der Waals surface area (Å²) in [5, 5.41) is 7.26. The fourth-order valence-electron chi connectivity index (χ4n) is 2.64. The van der Waals surface area contributed by atoms with E-state index in [1.165, 1.54) is 0 Å². The van der Waals surface area contributed by atoms with Gasteiger partial charge in [-0.05, 0) is 38.5 Å². The summed E-state index contributed by atoms with van der Waals surface area (Å²) in [6, 6.07) is 0. The van der Waals surface area contributed by atoms with Crippen molar-refractivity contribution >= 4 is 17.5 Å². The van der Waals surface area contributed by atoms with Crippen molar-refractivity contribution in [3.05, 3.63) is 17.5 Å². The van der Waals surface area contributed by atoms with Gasteiger partial charge in [-0.25, -0.2) is 0 Å². The summed E-state index contributed by atoms with van der Waals surface area (Å²) in [4.78, 5) is 12.4. The highest BCUT2D eigenvalue weighted by Crippen LogP contribution is 2.33. The minimum Gasteiger partial charge on any atom is -0.345 e. The molecule has 0 aliphatic heterocycles. The standard InChI is InChI=1S/C14H22ClN3O/c1-10-4-6-14(9-15,7-5-10)17-13(19)12-8-16-18(3)11(12)2/h8,10H,4-7,9H2,1-3H3,(H,17,19). The topological polar surface area (TPSA) is 46.9 Å². The Bertz CT molecular complexity index is 461. The first-order chi connectivity index (χ1) is 8.97. The van der Waals surface area contributed by atoms with Crippen molar-refractivity contribution in [2.24, 2.45) is 13.0 Å². The lowest BCUT2D eigenvalue weighted by atomic mass is 9.78. The first kappa shape index (κ1) is 14.4. The summed E-state index contributed by atoms with van der Waals surface area (Å²) >= 11 is 6.13. The van der Waals surface area contributed by atoms with Crippen molar-refractivity contribution in [2.75, 3.05) is 5.88 Å². The molecule has 4 nitrogen and oxygen atoms in total. The van der Waals surface area contributed by atoms with Crippen LogP contribution >= 0.6 is 11.6 Å². The van der Waals surface area contributed by atoms with Crippen molar-refractivity contribution in [2.45, 2.75) is 45.1 Å². The van der Waals surface area contributed by atoms with Crippen LogP contribution in [0, 0.1) is 12.8 Å². The van der Waals surface area contributed by atoms with Crippen LogP contribution in [0.1, 0.15) is 48.7 Å². The zero-order valence-electron chi connectivity index (χ0n) is 11.9. The monoisotopic (exact) mass is 283 g/mol. The highest BCUT2D eigenvalue weighted by molar-refractivity contribution is 6.19. The van der Waals surface area contributed by atoms with Gasteiger partial charge in [0.15, 0.2) is 0 Å². The molecule has 0 radical (unpaired) electrons. The minimum absolute atomic E-state index is 0.0548. The van der Waals surface area contributed by atoms with Crippen LogP contribution in [-0.4, -0.2) is 27.1 Å². The first-order valence-electron chi connectivity index (χ1n) is 6.84. The molecule has 1 aromatic heterocycles. The van der Waals surface area contributed by atoms with Gasteiger partial charge in [0.1, 0.15) is 0 Å². The van der Waals surface area contributed by atoms with Crippen molar-refractivity contribution in [1.82, 2.24) is 15.1 Å². The normalized spacial score (nSPS) is 27.3. The average molecular weight is 284 g/mol. The lowest BCUT2D eigenvalue weighted by Gasteiger charge is -2.38. The Morgan fingerprint density at radius 2 is 2.21 bits per heavy atom. The zero-order valence-corrected chi connectivity index (χ0v) is 12.6. The summed E-state index contributed by atoms with van der Waals surface area (Å²) in [5.41, 5.74) is 1.28. The summed E-state index contributed by atoms with van der Waals surface area (Å²) in [5.74, 6) is 1.15. The van der Waals surface area contributed by atoms with Crippen LogP contribution in [0.2, 0.25) is 0 Å². The number of aromatic nitrogens is 2. The van der Waals surface area contributed by atoms with Gasteiger partial charge in [0.05, 0.1) is 17.3 Å². The SMILES string of the molecule is Cc1c(C(=O)NC2(CCl)CCC(C)CC2)cnn1C. The van der Waals surface area contributed by atoms with Gasteiger partial charge in [-0.1, -0.05) is 6.92 Å². The molecule has 0 bridgehead atoms. The molecular weight excluding hydrogens is 262 g/mol. The maximum atomic E-state index is 12.4. The summed E-state index contributed by atoms with van der Waals surface area (Å²) in [6.07, 6.45) is 5.79. The van der Waals surface area contributed by atoms with Gasteiger partial charge in [-0.15, -0.1) is 11.6 Å². The molecule has 1 amide bonds. The average Bonchev–Trinajstić information content (AvgIpc) is 2.73. The highest BCUT2D eigenvalue weighted by Gasteiger charge is 2.35. The van der Waals surface area contributed by atoms with E-state index in [1.807, 2.05) is 14.0 Å². The Labute approximate surface area is 119 Å². The van der Waals surface area contributed by atoms with E-state index in [0.29, 0.717) is 11.4 Å². The number of hydrogen-bond acceptors (Lipinski definition) is 2. The van der Waals surface area contributed by atoms with Gasteiger partial charge in [-0.2, -0.15) is 5.10 Å². The molecule has 106 valence electrons. The van der Waals surface area contributed by atoms with Crippen LogP contribution in [-0.2, 0) is 7.05 Å². The Balaban J connectivity index is 2.10. The zero-order chi connectivity index (χ0) is 14.0. The molecule has 5 heteroatoms. The molecule has 1 aliphatic carbocycles. The van der Waals surface area contributed by atoms with Gasteiger partial charge in [0.2, 0.25) is 0 Å². The van der Waals surface area contributed by atoms with E-state index < -0.39 is 0 Å². The molecule has 1 aromatic rings. The smallest absolute Gasteiger partial charge is 0.255 e. The van der Waals surface area contributed by atoms with E-state index in [-0.39, 0.29) is 11.4 Å². The molecular formula is C14H22ClN3O. The maximum Gasteiger partial charge on any atom is 0.255 e. The number of nitrogens with one attached hydrogen (secondary N) is 1. The number of carbonyl (C=O) groups excluding carboxylic acids is 1.